The predicted molar refractivity (Wildman–Crippen MR) is 164 cm³/mol. The molecule has 0 spiro atoms. The molecule has 0 amide bonds. The zero-order valence-electron chi connectivity index (χ0n) is 24.9. The quantitative estimate of drug-likeness (QED) is 0.108. The van der Waals surface area contributed by atoms with Crippen LogP contribution >= 0.6 is 11.8 Å². The van der Waals surface area contributed by atoms with E-state index in [0.29, 0.717) is 29.9 Å². The molecule has 2 atom stereocenters. The Balaban J connectivity index is 1.62. The SMILES string of the molecule is COc1nc(-c2c(C(F)(F)F)c(C)cc3c2cnn3C2CCCCO2)c(F)c2nc(SC)nc(N[C@H](C)c3cccnc3N)c12. The summed E-state index contributed by atoms with van der Waals surface area (Å²) in [6.45, 7) is 3.66. The van der Waals surface area contributed by atoms with Gasteiger partial charge in [0.2, 0.25) is 5.88 Å². The van der Waals surface area contributed by atoms with Crippen LogP contribution in [0.2, 0.25) is 0 Å². The first-order valence-electron chi connectivity index (χ1n) is 14.2. The van der Waals surface area contributed by atoms with E-state index in [4.69, 9.17) is 15.2 Å². The number of thioether (sulfide) groups is 1. The zero-order chi connectivity index (χ0) is 32.0. The summed E-state index contributed by atoms with van der Waals surface area (Å²) in [4.78, 5) is 17.4. The fourth-order valence-electron chi connectivity index (χ4n) is 5.78. The lowest BCUT2D eigenvalue weighted by Gasteiger charge is -2.24. The maximum absolute atomic E-state index is 16.8. The molecule has 1 fully saturated rings. The van der Waals surface area contributed by atoms with Crippen molar-refractivity contribution in [2.45, 2.75) is 56.7 Å². The first-order valence-corrected chi connectivity index (χ1v) is 15.4. The van der Waals surface area contributed by atoms with Crippen molar-refractivity contribution in [3.05, 3.63) is 53.1 Å². The van der Waals surface area contributed by atoms with E-state index in [1.807, 2.05) is 6.92 Å². The second-order valence-corrected chi connectivity index (χ2v) is 11.5. The smallest absolute Gasteiger partial charge is 0.417 e. The average Bonchev–Trinajstić information content (AvgIpc) is 3.44. The van der Waals surface area contributed by atoms with Crippen molar-refractivity contribution in [1.29, 1.82) is 0 Å². The molecule has 1 aliphatic rings. The number of pyridine rings is 2. The summed E-state index contributed by atoms with van der Waals surface area (Å²) >= 11 is 1.14. The van der Waals surface area contributed by atoms with E-state index < -0.39 is 41.1 Å². The maximum Gasteiger partial charge on any atom is 0.417 e. The Morgan fingerprint density at radius 1 is 1.22 bits per heavy atom. The largest absolute Gasteiger partial charge is 0.480 e. The van der Waals surface area contributed by atoms with Crippen LogP contribution in [0.3, 0.4) is 0 Å². The molecule has 0 saturated carbocycles. The molecule has 1 unspecified atom stereocenters. The number of nitrogen functional groups attached to an aromatic ring is 1. The summed E-state index contributed by atoms with van der Waals surface area (Å²) < 4.78 is 74.0. The van der Waals surface area contributed by atoms with E-state index in [1.165, 1.54) is 26.3 Å². The van der Waals surface area contributed by atoms with Gasteiger partial charge in [-0.2, -0.15) is 18.3 Å². The monoisotopic (exact) mass is 642 g/mol. The Hall–Kier alpha value is -4.24. The average molecular weight is 643 g/mol. The van der Waals surface area contributed by atoms with Crippen LogP contribution in [0.5, 0.6) is 5.88 Å². The first-order chi connectivity index (χ1) is 21.5. The number of fused-ring (bicyclic) bond motifs is 2. The third-order valence-corrected chi connectivity index (χ3v) is 8.40. The van der Waals surface area contributed by atoms with Crippen LogP contribution in [0.15, 0.2) is 35.7 Å². The number of alkyl halides is 3. The number of nitrogens with one attached hydrogen (secondary N) is 1. The van der Waals surface area contributed by atoms with Gasteiger partial charge in [0.1, 0.15) is 28.2 Å². The number of aryl methyl sites for hydroxylation is 1. The minimum atomic E-state index is -4.84. The lowest BCUT2D eigenvalue weighted by Crippen LogP contribution is -2.19. The standard InChI is InChI=1S/C30H30F4N8O2S/c1-14-12-18-17(13-37-42(18)19-9-5-6-11-44-19)20(22(14)30(32,33)34)24-23(31)25-21(28(39-24)43-3)27(41-29(40-25)45-4)38-15(2)16-8-7-10-36-26(16)35/h7-8,10,12-13,15,19H,5-6,9,11H2,1-4H3,(H2,35,36)(H,38,40,41)/t15-,19?/m1/s1. The molecule has 6 rings (SSSR count). The molecule has 1 aromatic carbocycles. The van der Waals surface area contributed by atoms with Gasteiger partial charge in [-0.25, -0.2) is 29.0 Å². The third kappa shape index (κ3) is 5.47. The number of nitrogens with zero attached hydrogens (tertiary/aromatic N) is 6. The van der Waals surface area contributed by atoms with Gasteiger partial charge in [-0.05, 0) is 57.1 Å². The predicted octanol–water partition coefficient (Wildman–Crippen LogP) is 7.09. The second-order valence-electron chi connectivity index (χ2n) is 10.7. The molecule has 236 valence electrons. The Labute approximate surface area is 259 Å². The number of rotatable bonds is 7. The molecular weight excluding hydrogens is 612 g/mol. The van der Waals surface area contributed by atoms with E-state index in [-0.39, 0.29) is 38.7 Å². The molecule has 1 aliphatic heterocycles. The third-order valence-electron chi connectivity index (χ3n) is 7.85. The van der Waals surface area contributed by atoms with Crippen LogP contribution < -0.4 is 15.8 Å². The van der Waals surface area contributed by atoms with Crippen molar-refractivity contribution in [1.82, 2.24) is 29.7 Å². The molecule has 5 aromatic rings. The molecule has 4 aromatic heterocycles. The Kier molecular flexibility index (Phi) is 8.16. The second kappa shape index (κ2) is 11.9. The number of nitrogens with two attached hydrogens (primary N) is 1. The van der Waals surface area contributed by atoms with E-state index >= 15 is 4.39 Å². The van der Waals surface area contributed by atoms with Gasteiger partial charge in [0.25, 0.3) is 0 Å². The van der Waals surface area contributed by atoms with Crippen molar-refractivity contribution in [2.24, 2.45) is 0 Å². The molecule has 45 heavy (non-hydrogen) atoms. The lowest BCUT2D eigenvalue weighted by atomic mass is 9.94. The highest BCUT2D eigenvalue weighted by atomic mass is 32.2. The fraction of sp³-hybridized carbons (Fsp3) is 0.367. The van der Waals surface area contributed by atoms with Crippen LogP contribution in [0, 0.1) is 12.7 Å². The molecule has 0 radical (unpaired) electrons. The minimum absolute atomic E-state index is 0.0645. The molecule has 15 heteroatoms. The topological polar surface area (TPSA) is 126 Å². The summed E-state index contributed by atoms with van der Waals surface area (Å²) in [6, 6.07) is 4.48. The van der Waals surface area contributed by atoms with Gasteiger partial charge in [-0.1, -0.05) is 17.8 Å². The minimum Gasteiger partial charge on any atom is -0.480 e. The van der Waals surface area contributed by atoms with Gasteiger partial charge in [0.05, 0.1) is 30.4 Å². The van der Waals surface area contributed by atoms with Crippen molar-refractivity contribution in [3.63, 3.8) is 0 Å². The van der Waals surface area contributed by atoms with Gasteiger partial charge in [-0.15, -0.1) is 0 Å². The highest BCUT2D eigenvalue weighted by molar-refractivity contribution is 7.98. The van der Waals surface area contributed by atoms with Gasteiger partial charge in [0.15, 0.2) is 17.2 Å². The van der Waals surface area contributed by atoms with Crippen molar-refractivity contribution < 1.29 is 27.0 Å². The number of anilines is 2. The maximum atomic E-state index is 16.8. The van der Waals surface area contributed by atoms with Crippen molar-refractivity contribution in [2.75, 3.05) is 31.0 Å². The number of aromatic nitrogens is 6. The zero-order valence-corrected chi connectivity index (χ0v) is 25.7. The Bertz CT molecular complexity index is 1910. The molecule has 5 heterocycles. The number of halogens is 4. The summed E-state index contributed by atoms with van der Waals surface area (Å²) in [5, 5.41) is 7.94. The lowest BCUT2D eigenvalue weighted by molar-refractivity contribution is -0.137. The number of ether oxygens (including phenoxy) is 2. The van der Waals surface area contributed by atoms with Crippen LogP contribution in [0.1, 0.15) is 55.1 Å². The highest BCUT2D eigenvalue weighted by Gasteiger charge is 2.39. The normalized spacial score (nSPS) is 16.3. The summed E-state index contributed by atoms with van der Waals surface area (Å²) in [6.07, 6.45) is 1.69. The highest BCUT2D eigenvalue weighted by Crippen LogP contribution is 2.46. The molecule has 10 nitrogen and oxygen atoms in total. The number of hydrogen-bond donors (Lipinski definition) is 2. The van der Waals surface area contributed by atoms with E-state index in [2.05, 4.69) is 30.4 Å². The van der Waals surface area contributed by atoms with E-state index in [1.54, 1.807) is 29.3 Å². The van der Waals surface area contributed by atoms with Crippen LogP contribution in [0.4, 0.5) is 29.2 Å². The van der Waals surface area contributed by atoms with Crippen LogP contribution in [-0.4, -0.2) is 49.7 Å². The van der Waals surface area contributed by atoms with E-state index in [9.17, 15) is 13.2 Å². The number of methoxy groups -OCH3 is 1. The Morgan fingerprint density at radius 3 is 2.69 bits per heavy atom. The van der Waals surface area contributed by atoms with Gasteiger partial charge in [-0.3, -0.25) is 0 Å². The number of hydrogen-bond acceptors (Lipinski definition) is 10. The van der Waals surface area contributed by atoms with E-state index in [0.717, 1.165) is 24.6 Å². The fourth-order valence-corrected chi connectivity index (χ4v) is 6.15. The summed E-state index contributed by atoms with van der Waals surface area (Å²) in [7, 11) is 1.30. The van der Waals surface area contributed by atoms with Gasteiger partial charge in [0, 0.05) is 29.3 Å². The van der Waals surface area contributed by atoms with Crippen molar-refractivity contribution >= 4 is 45.2 Å². The molecule has 1 saturated heterocycles. The van der Waals surface area contributed by atoms with Crippen molar-refractivity contribution in [3.8, 4) is 17.1 Å². The van der Waals surface area contributed by atoms with Gasteiger partial charge >= 0.3 is 6.18 Å². The first kappa shape index (κ1) is 30.8. The molecule has 0 aliphatic carbocycles. The van der Waals surface area contributed by atoms with Gasteiger partial charge < -0.3 is 20.5 Å². The molecular formula is C30H30F4N8O2S. The Morgan fingerprint density at radius 2 is 2.02 bits per heavy atom. The summed E-state index contributed by atoms with van der Waals surface area (Å²) in [5.74, 6) is -0.753. The van der Waals surface area contributed by atoms with Crippen LogP contribution in [0.25, 0.3) is 33.1 Å². The summed E-state index contributed by atoms with van der Waals surface area (Å²) in [5.41, 5.74) is 4.71. The molecule has 3 N–H and O–H groups in total. The number of benzene rings is 1. The molecule has 0 bridgehead atoms. The van der Waals surface area contributed by atoms with Crippen LogP contribution in [-0.2, 0) is 10.9 Å².